The Bertz CT molecular complexity index is 566. The van der Waals surface area contributed by atoms with Gasteiger partial charge in [0.1, 0.15) is 6.29 Å². The number of rotatable bonds is 6. The first-order valence-corrected chi connectivity index (χ1v) is 7.81. The van der Waals surface area contributed by atoms with Gasteiger partial charge in [0.25, 0.3) is 0 Å². The second kappa shape index (κ2) is 9.49. The van der Waals surface area contributed by atoms with Crippen LogP contribution in [-0.2, 0) is 10.4 Å². The van der Waals surface area contributed by atoms with Gasteiger partial charge >= 0.3 is 10.4 Å². The summed E-state index contributed by atoms with van der Waals surface area (Å²) in [5.41, 5.74) is 2.53. The van der Waals surface area contributed by atoms with Crippen molar-refractivity contribution in [1.29, 1.82) is 0 Å². The second-order valence-corrected chi connectivity index (χ2v) is 5.38. The first-order chi connectivity index (χ1) is 10.1. The van der Waals surface area contributed by atoms with Crippen LogP contribution in [-0.4, -0.2) is 59.8 Å². The van der Waals surface area contributed by atoms with Gasteiger partial charge in [-0.05, 0) is 37.6 Å². The summed E-state index contributed by atoms with van der Waals surface area (Å²) in [6.07, 6.45) is 0.0822. The SMILES string of the molecule is CCN(CC(O)CO)c1ccc(C=O)c(C)c1.O=S(=O)(O)O. The van der Waals surface area contributed by atoms with E-state index in [0.29, 0.717) is 12.1 Å². The lowest BCUT2D eigenvalue weighted by atomic mass is 10.1. The van der Waals surface area contributed by atoms with E-state index in [1.807, 2.05) is 30.9 Å². The molecule has 0 bridgehead atoms. The van der Waals surface area contributed by atoms with E-state index < -0.39 is 16.5 Å². The molecule has 0 aliphatic carbocycles. The van der Waals surface area contributed by atoms with Crippen LogP contribution in [0.2, 0.25) is 0 Å². The average Bonchev–Trinajstić information content (AvgIpc) is 2.42. The van der Waals surface area contributed by atoms with Crippen molar-refractivity contribution in [3.05, 3.63) is 29.3 Å². The van der Waals surface area contributed by atoms with Crippen molar-refractivity contribution in [2.24, 2.45) is 0 Å². The highest BCUT2D eigenvalue weighted by Gasteiger charge is 2.11. The van der Waals surface area contributed by atoms with E-state index in [4.69, 9.17) is 22.6 Å². The number of likely N-dealkylation sites (N-methyl/N-ethyl adjacent to an activating group) is 1. The van der Waals surface area contributed by atoms with E-state index in [1.165, 1.54) is 0 Å². The molecule has 0 saturated heterocycles. The number of hydrogen-bond donors (Lipinski definition) is 4. The monoisotopic (exact) mass is 335 g/mol. The summed E-state index contributed by atoms with van der Waals surface area (Å²) in [6, 6.07) is 5.54. The predicted molar refractivity (Wildman–Crippen MR) is 81.7 cm³/mol. The summed E-state index contributed by atoms with van der Waals surface area (Å²) in [7, 11) is -4.67. The minimum Gasteiger partial charge on any atom is -0.394 e. The zero-order chi connectivity index (χ0) is 17.3. The van der Waals surface area contributed by atoms with Gasteiger partial charge in [-0.15, -0.1) is 0 Å². The number of hydrogen-bond acceptors (Lipinski definition) is 6. The van der Waals surface area contributed by atoms with E-state index in [0.717, 1.165) is 24.1 Å². The molecule has 1 aromatic rings. The van der Waals surface area contributed by atoms with Crippen LogP contribution in [0.5, 0.6) is 0 Å². The highest BCUT2D eigenvalue weighted by Crippen LogP contribution is 2.18. The van der Waals surface area contributed by atoms with Crippen molar-refractivity contribution < 1.29 is 32.5 Å². The molecule has 8 nitrogen and oxygen atoms in total. The highest BCUT2D eigenvalue weighted by atomic mass is 32.3. The topological polar surface area (TPSA) is 135 Å². The maximum Gasteiger partial charge on any atom is 0.394 e. The fourth-order valence-corrected chi connectivity index (χ4v) is 1.72. The van der Waals surface area contributed by atoms with Crippen LogP contribution in [0.1, 0.15) is 22.8 Å². The molecule has 1 unspecified atom stereocenters. The third kappa shape index (κ3) is 8.70. The third-order valence-electron chi connectivity index (χ3n) is 2.77. The lowest BCUT2D eigenvalue weighted by Gasteiger charge is -2.25. The van der Waals surface area contributed by atoms with Crippen LogP contribution in [0.15, 0.2) is 18.2 Å². The van der Waals surface area contributed by atoms with Crippen LogP contribution >= 0.6 is 0 Å². The maximum atomic E-state index is 10.7. The predicted octanol–water partition coefficient (Wildman–Crippen LogP) is 0.334. The molecule has 4 N–H and O–H groups in total. The van der Waals surface area contributed by atoms with Crippen LogP contribution in [0.3, 0.4) is 0 Å². The largest absolute Gasteiger partial charge is 0.394 e. The van der Waals surface area contributed by atoms with Crippen molar-refractivity contribution in [2.45, 2.75) is 20.0 Å². The Labute approximate surface area is 129 Å². The van der Waals surface area contributed by atoms with Crippen LogP contribution in [0.25, 0.3) is 0 Å². The summed E-state index contributed by atoms with van der Waals surface area (Å²) in [5.74, 6) is 0. The molecule has 0 saturated carbocycles. The Balaban J connectivity index is 0.000000763. The molecule has 0 aliphatic heterocycles. The molecular weight excluding hydrogens is 314 g/mol. The molecule has 1 atom stereocenters. The minimum atomic E-state index is -4.67. The first kappa shape index (κ1) is 20.5. The lowest BCUT2D eigenvalue weighted by Crippen LogP contribution is -2.34. The Morgan fingerprint density at radius 1 is 1.32 bits per heavy atom. The zero-order valence-electron chi connectivity index (χ0n) is 12.4. The van der Waals surface area contributed by atoms with Gasteiger partial charge in [-0.25, -0.2) is 0 Å². The molecule has 0 aromatic heterocycles. The van der Waals surface area contributed by atoms with Crippen molar-refractivity contribution in [1.82, 2.24) is 0 Å². The highest BCUT2D eigenvalue weighted by molar-refractivity contribution is 7.79. The van der Waals surface area contributed by atoms with Gasteiger partial charge < -0.3 is 15.1 Å². The summed E-state index contributed by atoms with van der Waals surface area (Å²) >= 11 is 0. The number of anilines is 1. The number of benzene rings is 1. The van der Waals surface area contributed by atoms with Gasteiger partial charge in [-0.2, -0.15) is 8.42 Å². The molecule has 0 radical (unpaired) electrons. The molecular formula is C13H21NO7S. The number of aryl methyl sites for hydroxylation is 1. The molecule has 0 fully saturated rings. The summed E-state index contributed by atoms with van der Waals surface area (Å²) in [5, 5.41) is 18.3. The van der Waals surface area contributed by atoms with E-state index in [9.17, 15) is 9.90 Å². The molecule has 0 amide bonds. The van der Waals surface area contributed by atoms with Gasteiger partial charge in [0, 0.05) is 24.3 Å². The average molecular weight is 335 g/mol. The van der Waals surface area contributed by atoms with Crippen molar-refractivity contribution in [2.75, 3.05) is 24.6 Å². The van der Waals surface area contributed by atoms with Crippen molar-refractivity contribution >= 4 is 22.4 Å². The fraction of sp³-hybridized carbons (Fsp3) is 0.462. The smallest absolute Gasteiger partial charge is 0.394 e. The second-order valence-electron chi connectivity index (χ2n) is 4.48. The number of carbonyl (C=O) groups excluding carboxylic acids is 1. The molecule has 1 aromatic carbocycles. The van der Waals surface area contributed by atoms with Gasteiger partial charge in [-0.3, -0.25) is 13.9 Å². The molecule has 9 heteroatoms. The standard InChI is InChI=1S/C13H19NO3.H2O4S/c1-3-14(7-13(17)9-16)12-5-4-11(8-15)10(2)6-12;1-5(2,3)4/h4-6,8,13,16-17H,3,7,9H2,1-2H3;(H2,1,2,3,4). The minimum absolute atomic E-state index is 0.248. The van der Waals surface area contributed by atoms with Crippen LogP contribution < -0.4 is 4.90 Å². The van der Waals surface area contributed by atoms with Crippen molar-refractivity contribution in [3.63, 3.8) is 0 Å². The number of aliphatic hydroxyl groups excluding tert-OH is 2. The summed E-state index contributed by atoms with van der Waals surface area (Å²) in [4.78, 5) is 12.7. The molecule has 0 heterocycles. The number of aliphatic hydroxyl groups is 2. The normalized spacial score (nSPS) is 12.1. The van der Waals surface area contributed by atoms with Gasteiger partial charge in [0.05, 0.1) is 12.7 Å². The summed E-state index contributed by atoms with van der Waals surface area (Å²) < 4.78 is 31.6. The Kier molecular flexibility index (Phi) is 8.83. The van der Waals surface area contributed by atoms with E-state index in [1.54, 1.807) is 6.07 Å². The number of carbonyl (C=O) groups is 1. The van der Waals surface area contributed by atoms with E-state index in [-0.39, 0.29) is 6.61 Å². The molecule has 126 valence electrons. The van der Waals surface area contributed by atoms with Crippen molar-refractivity contribution in [3.8, 4) is 0 Å². The van der Waals surface area contributed by atoms with Gasteiger partial charge in [-0.1, -0.05) is 0 Å². The van der Waals surface area contributed by atoms with Gasteiger partial charge in [0.2, 0.25) is 0 Å². The van der Waals surface area contributed by atoms with Crippen LogP contribution in [0.4, 0.5) is 5.69 Å². The first-order valence-electron chi connectivity index (χ1n) is 6.41. The molecule has 22 heavy (non-hydrogen) atoms. The molecule has 1 rings (SSSR count). The molecule has 0 spiro atoms. The maximum absolute atomic E-state index is 10.7. The Morgan fingerprint density at radius 2 is 1.86 bits per heavy atom. The Morgan fingerprint density at radius 3 is 2.23 bits per heavy atom. The van der Waals surface area contributed by atoms with E-state index >= 15 is 0 Å². The third-order valence-corrected chi connectivity index (χ3v) is 2.77. The fourth-order valence-electron chi connectivity index (χ4n) is 1.72. The lowest BCUT2D eigenvalue weighted by molar-refractivity contribution is 0.100. The number of nitrogens with zero attached hydrogens (tertiary/aromatic N) is 1. The number of aldehydes is 1. The van der Waals surface area contributed by atoms with Crippen LogP contribution in [0, 0.1) is 6.92 Å². The van der Waals surface area contributed by atoms with Gasteiger partial charge in [0.15, 0.2) is 0 Å². The Hall–Kier alpha value is -1.52. The molecule has 0 aliphatic rings. The van der Waals surface area contributed by atoms with E-state index in [2.05, 4.69) is 0 Å². The zero-order valence-corrected chi connectivity index (χ0v) is 13.2. The quantitative estimate of drug-likeness (QED) is 0.431. The summed E-state index contributed by atoms with van der Waals surface area (Å²) in [6.45, 7) is 4.72.